The van der Waals surface area contributed by atoms with Crippen LogP contribution in [0.3, 0.4) is 0 Å². The molecule has 1 aliphatic rings. The predicted octanol–water partition coefficient (Wildman–Crippen LogP) is 4.24. The van der Waals surface area contributed by atoms with Crippen molar-refractivity contribution >= 4 is 16.7 Å². The number of halogens is 1. The van der Waals surface area contributed by atoms with Crippen LogP contribution in [-0.4, -0.2) is 57.9 Å². The molecule has 0 N–H and O–H groups in total. The SMILES string of the molecule is CN(C)C1CCN(c2cnc(-c3ccc4nn(C)cc4c3)c(-c3ccc(C#N)c(F)c3)n2)CC1. The van der Waals surface area contributed by atoms with Gasteiger partial charge in [0.25, 0.3) is 0 Å². The molecule has 7 nitrogen and oxygen atoms in total. The van der Waals surface area contributed by atoms with E-state index in [1.54, 1.807) is 10.7 Å². The number of benzene rings is 2. The quantitative estimate of drug-likeness (QED) is 0.458. The van der Waals surface area contributed by atoms with E-state index in [2.05, 4.69) is 29.0 Å². The van der Waals surface area contributed by atoms with Gasteiger partial charge in [0.1, 0.15) is 17.7 Å². The second kappa shape index (κ2) is 8.84. The van der Waals surface area contributed by atoms with Crippen molar-refractivity contribution in [2.45, 2.75) is 18.9 Å². The molecule has 3 heterocycles. The van der Waals surface area contributed by atoms with Crippen LogP contribution in [0.25, 0.3) is 33.4 Å². The molecule has 0 bridgehead atoms. The van der Waals surface area contributed by atoms with E-state index in [0.717, 1.165) is 48.2 Å². The molecule has 5 rings (SSSR count). The summed E-state index contributed by atoms with van der Waals surface area (Å²) in [6.45, 7) is 1.78. The molecule has 0 radical (unpaired) electrons. The monoisotopic (exact) mass is 455 g/mol. The van der Waals surface area contributed by atoms with E-state index in [1.807, 2.05) is 43.7 Å². The Morgan fingerprint density at radius 3 is 2.50 bits per heavy atom. The zero-order valence-electron chi connectivity index (χ0n) is 19.5. The first-order valence-corrected chi connectivity index (χ1v) is 11.3. The molecule has 0 amide bonds. The van der Waals surface area contributed by atoms with Gasteiger partial charge in [-0.15, -0.1) is 0 Å². The fraction of sp³-hybridized carbons (Fsp3) is 0.308. The van der Waals surface area contributed by atoms with Gasteiger partial charge in [-0.1, -0.05) is 12.1 Å². The number of anilines is 1. The molecule has 2 aromatic heterocycles. The van der Waals surface area contributed by atoms with E-state index >= 15 is 0 Å². The van der Waals surface area contributed by atoms with Crippen molar-refractivity contribution in [1.82, 2.24) is 24.6 Å². The summed E-state index contributed by atoms with van der Waals surface area (Å²) in [5, 5.41) is 14.6. The van der Waals surface area contributed by atoms with Crippen molar-refractivity contribution in [3.8, 4) is 28.6 Å². The van der Waals surface area contributed by atoms with Crippen LogP contribution in [0.15, 0.2) is 48.8 Å². The summed E-state index contributed by atoms with van der Waals surface area (Å²) in [6, 6.07) is 13.0. The Bertz CT molecular complexity index is 1390. The van der Waals surface area contributed by atoms with Crippen LogP contribution in [0.5, 0.6) is 0 Å². The molecule has 8 heteroatoms. The molecule has 1 aliphatic heterocycles. The molecular formula is C26H26FN7. The third-order valence-corrected chi connectivity index (χ3v) is 6.53. The lowest BCUT2D eigenvalue weighted by Crippen LogP contribution is -2.42. The van der Waals surface area contributed by atoms with Crippen molar-refractivity contribution < 1.29 is 4.39 Å². The first kappa shape index (κ1) is 22.0. The Morgan fingerprint density at radius 2 is 1.79 bits per heavy atom. The summed E-state index contributed by atoms with van der Waals surface area (Å²) in [5.41, 5.74) is 3.64. The lowest BCUT2D eigenvalue weighted by atomic mass is 10.0. The third-order valence-electron chi connectivity index (χ3n) is 6.53. The molecule has 0 atom stereocenters. The number of piperidine rings is 1. The average Bonchev–Trinajstić information content (AvgIpc) is 3.23. The van der Waals surface area contributed by atoms with E-state index in [4.69, 9.17) is 15.2 Å². The smallest absolute Gasteiger partial charge is 0.147 e. The van der Waals surface area contributed by atoms with Gasteiger partial charge >= 0.3 is 0 Å². The van der Waals surface area contributed by atoms with E-state index < -0.39 is 5.82 Å². The molecule has 0 saturated carbocycles. The molecule has 0 unspecified atom stereocenters. The van der Waals surface area contributed by atoms with Gasteiger partial charge in [0, 0.05) is 48.9 Å². The summed E-state index contributed by atoms with van der Waals surface area (Å²) in [4.78, 5) is 14.3. The molecule has 172 valence electrons. The molecule has 2 aromatic carbocycles. The minimum absolute atomic E-state index is 0.0111. The zero-order valence-corrected chi connectivity index (χ0v) is 19.5. The van der Waals surface area contributed by atoms with Crippen molar-refractivity contribution in [1.29, 1.82) is 5.26 Å². The number of nitrogens with zero attached hydrogens (tertiary/aromatic N) is 7. The predicted molar refractivity (Wildman–Crippen MR) is 131 cm³/mol. The second-order valence-electron chi connectivity index (χ2n) is 8.99. The maximum Gasteiger partial charge on any atom is 0.147 e. The van der Waals surface area contributed by atoms with Crippen LogP contribution in [0.4, 0.5) is 10.2 Å². The second-order valence-corrected chi connectivity index (χ2v) is 8.99. The molecule has 4 aromatic rings. The summed E-state index contributed by atoms with van der Waals surface area (Å²) < 4.78 is 16.3. The molecule has 1 saturated heterocycles. The number of rotatable bonds is 4. The standard InChI is InChI=1S/C26H26FN7/c1-32(2)21-8-10-34(11-9-21)24-15-29-25(17-6-7-23-20(12-17)16-33(3)31-23)26(30-24)18-4-5-19(14-28)22(27)13-18/h4-7,12-13,15-16,21H,8-11H2,1-3H3. The van der Waals surface area contributed by atoms with Gasteiger partial charge in [0.15, 0.2) is 0 Å². The summed E-state index contributed by atoms with van der Waals surface area (Å²) in [5.74, 6) is 0.218. The van der Waals surface area contributed by atoms with Crippen molar-refractivity contribution in [3.63, 3.8) is 0 Å². The normalized spacial score (nSPS) is 14.6. The van der Waals surface area contributed by atoms with Crippen molar-refractivity contribution in [3.05, 3.63) is 60.2 Å². The fourth-order valence-corrected chi connectivity index (χ4v) is 4.61. The Kier molecular flexibility index (Phi) is 5.72. The molecular weight excluding hydrogens is 429 g/mol. The average molecular weight is 456 g/mol. The maximum absolute atomic E-state index is 14.6. The first-order chi connectivity index (χ1) is 16.4. The minimum Gasteiger partial charge on any atom is -0.355 e. The van der Waals surface area contributed by atoms with E-state index in [-0.39, 0.29) is 5.56 Å². The first-order valence-electron chi connectivity index (χ1n) is 11.3. The van der Waals surface area contributed by atoms with Crippen LogP contribution in [0.2, 0.25) is 0 Å². The van der Waals surface area contributed by atoms with Crippen LogP contribution < -0.4 is 4.90 Å². The Labute approximate surface area is 198 Å². The number of aryl methyl sites for hydroxylation is 1. The summed E-state index contributed by atoms with van der Waals surface area (Å²) in [7, 11) is 6.12. The maximum atomic E-state index is 14.6. The molecule has 1 fully saturated rings. The highest BCUT2D eigenvalue weighted by Crippen LogP contribution is 2.33. The van der Waals surface area contributed by atoms with Gasteiger partial charge in [-0.2, -0.15) is 10.4 Å². The molecule has 0 spiro atoms. The van der Waals surface area contributed by atoms with Gasteiger partial charge in [0.2, 0.25) is 0 Å². The Morgan fingerprint density at radius 1 is 1.06 bits per heavy atom. The van der Waals surface area contributed by atoms with Crippen molar-refractivity contribution in [2.75, 3.05) is 32.1 Å². The van der Waals surface area contributed by atoms with Gasteiger partial charge < -0.3 is 9.80 Å². The van der Waals surface area contributed by atoms with Crippen molar-refractivity contribution in [2.24, 2.45) is 7.05 Å². The molecule has 34 heavy (non-hydrogen) atoms. The van der Waals surface area contributed by atoms with Gasteiger partial charge in [-0.05, 0) is 51.2 Å². The minimum atomic E-state index is -0.562. The van der Waals surface area contributed by atoms with E-state index in [9.17, 15) is 4.39 Å². The highest BCUT2D eigenvalue weighted by atomic mass is 19.1. The number of hydrogen-bond donors (Lipinski definition) is 0. The van der Waals surface area contributed by atoms with Crippen LogP contribution in [0.1, 0.15) is 18.4 Å². The molecule has 0 aliphatic carbocycles. The van der Waals surface area contributed by atoms with E-state index in [0.29, 0.717) is 23.0 Å². The van der Waals surface area contributed by atoms with Crippen LogP contribution >= 0.6 is 0 Å². The number of aromatic nitrogens is 4. The zero-order chi connectivity index (χ0) is 23.8. The van der Waals surface area contributed by atoms with Gasteiger partial charge in [0.05, 0.1) is 28.7 Å². The van der Waals surface area contributed by atoms with Crippen LogP contribution in [-0.2, 0) is 7.05 Å². The lowest BCUT2D eigenvalue weighted by molar-refractivity contribution is 0.249. The highest BCUT2D eigenvalue weighted by molar-refractivity contribution is 5.87. The largest absolute Gasteiger partial charge is 0.355 e. The summed E-state index contributed by atoms with van der Waals surface area (Å²) in [6.07, 6.45) is 5.86. The highest BCUT2D eigenvalue weighted by Gasteiger charge is 2.23. The summed E-state index contributed by atoms with van der Waals surface area (Å²) >= 11 is 0. The number of nitriles is 1. The fourth-order valence-electron chi connectivity index (χ4n) is 4.61. The third kappa shape index (κ3) is 4.11. The van der Waals surface area contributed by atoms with Gasteiger partial charge in [-0.25, -0.2) is 9.37 Å². The van der Waals surface area contributed by atoms with Gasteiger partial charge in [-0.3, -0.25) is 9.67 Å². The number of hydrogen-bond acceptors (Lipinski definition) is 6. The van der Waals surface area contributed by atoms with Crippen LogP contribution in [0, 0.1) is 17.1 Å². The Hall–Kier alpha value is -3.83. The van der Waals surface area contributed by atoms with E-state index in [1.165, 1.54) is 12.1 Å². The lowest BCUT2D eigenvalue weighted by Gasteiger charge is -2.35. The number of fused-ring (bicyclic) bond motifs is 1. The Balaban J connectivity index is 1.59. The topological polar surface area (TPSA) is 73.9 Å².